The summed E-state index contributed by atoms with van der Waals surface area (Å²) in [7, 11) is 1.48. The first-order valence-corrected chi connectivity index (χ1v) is 18.5. The summed E-state index contributed by atoms with van der Waals surface area (Å²) in [5.74, 6) is -2.13. The number of nitrogens with one attached hydrogen (secondary N) is 3. The summed E-state index contributed by atoms with van der Waals surface area (Å²) in [5.41, 5.74) is 1.42. The van der Waals surface area contributed by atoms with Crippen molar-refractivity contribution in [2.24, 2.45) is 17.8 Å². The average molecular weight is 759 g/mol. The molecular formula is C38H51ClN4O8S. The van der Waals surface area contributed by atoms with Gasteiger partial charge in [-0.15, -0.1) is 0 Å². The molecule has 0 radical (unpaired) electrons. The molecule has 2 rings (SSSR count). The first-order valence-electron chi connectivity index (χ1n) is 17.2. The fourth-order valence-electron chi connectivity index (χ4n) is 4.69. The summed E-state index contributed by atoms with van der Waals surface area (Å²) in [6.07, 6.45) is 6.99. The Morgan fingerprint density at radius 2 is 1.81 bits per heavy atom. The van der Waals surface area contributed by atoms with E-state index in [9.17, 15) is 29.1 Å². The molecule has 0 fully saturated rings. The quantitative estimate of drug-likeness (QED) is 0.0805. The van der Waals surface area contributed by atoms with Gasteiger partial charge in [-0.25, -0.2) is 0 Å². The van der Waals surface area contributed by atoms with Gasteiger partial charge in [-0.05, 0) is 60.7 Å². The molecule has 0 saturated carbocycles. The molecule has 3 amide bonds. The number of aliphatic hydroxyl groups is 1. The van der Waals surface area contributed by atoms with E-state index < -0.39 is 42.0 Å². The summed E-state index contributed by atoms with van der Waals surface area (Å²) in [4.78, 5) is 67.6. The van der Waals surface area contributed by atoms with E-state index >= 15 is 0 Å². The number of carbonyl (C=O) groups is 5. The Bertz CT molecular complexity index is 1540. The van der Waals surface area contributed by atoms with Crippen molar-refractivity contribution in [3.05, 3.63) is 77.1 Å². The maximum absolute atomic E-state index is 13.4. The number of hydrogen-bond donors (Lipinski definition) is 4. The molecule has 52 heavy (non-hydrogen) atoms. The average Bonchev–Trinajstić information content (AvgIpc) is 3.10. The van der Waals surface area contributed by atoms with Crippen LogP contribution in [0.1, 0.15) is 58.7 Å². The number of rotatable bonds is 21. The molecule has 284 valence electrons. The molecule has 14 heteroatoms. The van der Waals surface area contributed by atoms with Gasteiger partial charge in [-0.1, -0.05) is 75.3 Å². The third-order valence-corrected chi connectivity index (χ3v) is 8.96. The van der Waals surface area contributed by atoms with Crippen LogP contribution in [0.5, 0.6) is 5.75 Å². The fourth-order valence-corrected chi connectivity index (χ4v) is 5.71. The van der Waals surface area contributed by atoms with E-state index in [1.54, 1.807) is 31.3 Å². The molecule has 0 aliphatic carbocycles. The molecule has 5 atom stereocenters. The van der Waals surface area contributed by atoms with E-state index in [4.69, 9.17) is 21.1 Å². The van der Waals surface area contributed by atoms with Crippen molar-refractivity contribution in [1.82, 2.24) is 20.9 Å². The first kappa shape index (κ1) is 44.0. The SMILES string of the molecule is COc1ccc(C[C@@H](NC(=O)/C=C/C[C@H](O)[C@H](C)/C=C/c2ccccn2)C(=O)NC[C@@H](C)C(=O)O[C@@H](CC(C)C)C(=O)SCCNC(C)=O)cc1Cl. The van der Waals surface area contributed by atoms with Crippen LogP contribution in [-0.2, 0) is 35.1 Å². The van der Waals surface area contributed by atoms with Crippen molar-refractivity contribution in [3.8, 4) is 5.75 Å². The summed E-state index contributed by atoms with van der Waals surface area (Å²) in [5, 5.41) is 18.7. The Kier molecular flexibility index (Phi) is 19.8. The zero-order chi connectivity index (χ0) is 38.6. The van der Waals surface area contributed by atoms with Crippen LogP contribution >= 0.6 is 23.4 Å². The van der Waals surface area contributed by atoms with E-state index in [0.717, 1.165) is 17.5 Å². The lowest BCUT2D eigenvalue weighted by molar-refractivity contribution is -0.157. The lowest BCUT2D eigenvalue weighted by Gasteiger charge is -2.22. The van der Waals surface area contributed by atoms with Crippen molar-refractivity contribution in [2.75, 3.05) is 26.0 Å². The number of benzene rings is 1. The number of halogens is 1. The molecule has 4 N–H and O–H groups in total. The molecule has 1 aromatic heterocycles. The minimum atomic E-state index is -1.05. The van der Waals surface area contributed by atoms with E-state index in [1.165, 1.54) is 26.2 Å². The molecule has 0 spiro atoms. The van der Waals surface area contributed by atoms with Gasteiger partial charge in [-0.2, -0.15) is 0 Å². The van der Waals surface area contributed by atoms with E-state index in [2.05, 4.69) is 20.9 Å². The number of amides is 3. The predicted molar refractivity (Wildman–Crippen MR) is 203 cm³/mol. The number of aliphatic hydroxyl groups excluding tert-OH is 1. The van der Waals surface area contributed by atoms with Crippen molar-refractivity contribution < 1.29 is 38.6 Å². The highest BCUT2D eigenvalue weighted by Gasteiger charge is 2.28. The lowest BCUT2D eigenvalue weighted by atomic mass is 10.0. The number of nitrogens with zero attached hydrogens (tertiary/aromatic N) is 1. The number of carbonyl (C=O) groups excluding carboxylic acids is 5. The Balaban J connectivity index is 2.05. The Labute approximate surface area is 315 Å². The molecule has 2 aromatic rings. The van der Waals surface area contributed by atoms with E-state index in [1.807, 2.05) is 51.1 Å². The molecule has 0 aliphatic rings. The van der Waals surface area contributed by atoms with Crippen molar-refractivity contribution in [2.45, 2.75) is 72.1 Å². The maximum Gasteiger partial charge on any atom is 0.311 e. The highest BCUT2D eigenvalue weighted by Crippen LogP contribution is 2.25. The fraction of sp³-hybridized carbons (Fsp3) is 0.474. The number of ether oxygens (including phenoxy) is 2. The van der Waals surface area contributed by atoms with Crippen LogP contribution in [0.15, 0.2) is 60.8 Å². The van der Waals surface area contributed by atoms with Gasteiger partial charge in [0, 0.05) is 44.3 Å². The number of aromatic nitrogens is 1. The maximum atomic E-state index is 13.4. The second kappa shape index (κ2) is 23.4. The first-order chi connectivity index (χ1) is 24.7. The molecule has 0 aliphatic heterocycles. The topological polar surface area (TPSA) is 173 Å². The van der Waals surface area contributed by atoms with Crippen molar-refractivity contribution >= 4 is 58.2 Å². The third-order valence-electron chi connectivity index (χ3n) is 7.71. The highest BCUT2D eigenvalue weighted by atomic mass is 35.5. The van der Waals surface area contributed by atoms with Gasteiger partial charge in [0.1, 0.15) is 11.8 Å². The molecule has 1 heterocycles. The van der Waals surface area contributed by atoms with Crippen LogP contribution in [-0.4, -0.2) is 83.1 Å². The van der Waals surface area contributed by atoms with Gasteiger partial charge >= 0.3 is 5.97 Å². The van der Waals surface area contributed by atoms with Crippen LogP contribution < -0.4 is 20.7 Å². The monoisotopic (exact) mass is 758 g/mol. The number of esters is 1. The molecule has 1 aromatic carbocycles. The molecule has 12 nitrogen and oxygen atoms in total. The van der Waals surface area contributed by atoms with Gasteiger partial charge in [0.05, 0.1) is 29.8 Å². The van der Waals surface area contributed by atoms with Crippen LogP contribution in [0.4, 0.5) is 0 Å². The van der Waals surface area contributed by atoms with Crippen molar-refractivity contribution in [1.29, 1.82) is 0 Å². The van der Waals surface area contributed by atoms with Gasteiger partial charge < -0.3 is 30.5 Å². The summed E-state index contributed by atoms with van der Waals surface area (Å²) in [6.45, 7) is 8.82. The molecule has 0 bridgehead atoms. The zero-order valence-corrected chi connectivity index (χ0v) is 32.2. The lowest BCUT2D eigenvalue weighted by Crippen LogP contribution is -2.49. The summed E-state index contributed by atoms with van der Waals surface area (Å²) < 4.78 is 10.8. The number of pyridine rings is 1. The van der Waals surface area contributed by atoms with E-state index in [-0.39, 0.29) is 42.2 Å². The van der Waals surface area contributed by atoms with Crippen molar-refractivity contribution in [3.63, 3.8) is 0 Å². The van der Waals surface area contributed by atoms with Gasteiger partial charge in [-0.3, -0.25) is 29.0 Å². The van der Waals surface area contributed by atoms with Crippen LogP contribution in [0.25, 0.3) is 6.08 Å². The second-order valence-corrected chi connectivity index (χ2v) is 14.3. The Morgan fingerprint density at radius 1 is 1.06 bits per heavy atom. The molecular weight excluding hydrogens is 708 g/mol. The second-order valence-electron chi connectivity index (χ2n) is 12.8. The van der Waals surface area contributed by atoms with Gasteiger partial charge in [0.2, 0.25) is 22.8 Å². The Hall–Kier alpha value is -4.20. The standard InChI is InChI=1S/C38H51ClN4O8S/c1-24(2)20-34(38(49)52-19-18-40-27(5)44)51-37(48)26(4)23-42-36(47)31(22-28-14-16-33(50-6)30(39)21-28)43-35(46)12-9-11-32(45)25(3)13-15-29-10-7-8-17-41-29/h7-10,12-17,21,24-26,31-32,34,45H,11,18-20,22-23H2,1-6H3,(H,40,44)(H,42,47)(H,43,46)/b12-9+,15-13+/t25-,26-,31-,32+,34+/m1/s1. The largest absolute Gasteiger partial charge is 0.495 e. The zero-order valence-electron chi connectivity index (χ0n) is 30.6. The number of thioether (sulfide) groups is 1. The van der Waals surface area contributed by atoms with E-state index in [0.29, 0.717) is 35.1 Å². The van der Waals surface area contributed by atoms with Crippen LogP contribution in [0, 0.1) is 17.8 Å². The smallest absolute Gasteiger partial charge is 0.311 e. The normalized spacial score (nSPS) is 14.3. The third kappa shape index (κ3) is 16.9. The predicted octanol–water partition coefficient (Wildman–Crippen LogP) is 4.53. The summed E-state index contributed by atoms with van der Waals surface area (Å²) in [6, 6.07) is 9.51. The number of hydrogen-bond acceptors (Lipinski definition) is 10. The number of methoxy groups -OCH3 is 1. The molecule has 0 saturated heterocycles. The minimum Gasteiger partial charge on any atom is -0.495 e. The minimum absolute atomic E-state index is 0.0678. The molecule has 0 unspecified atom stereocenters. The van der Waals surface area contributed by atoms with Crippen LogP contribution in [0.2, 0.25) is 5.02 Å². The summed E-state index contributed by atoms with van der Waals surface area (Å²) >= 11 is 7.29. The van der Waals surface area contributed by atoms with Gasteiger partial charge in [0.15, 0.2) is 6.10 Å². The van der Waals surface area contributed by atoms with Crippen LogP contribution in [0.3, 0.4) is 0 Å². The Morgan fingerprint density at radius 3 is 2.44 bits per heavy atom. The van der Waals surface area contributed by atoms with Gasteiger partial charge in [0.25, 0.3) is 0 Å². The highest BCUT2D eigenvalue weighted by molar-refractivity contribution is 8.13.